The van der Waals surface area contributed by atoms with Gasteiger partial charge in [0.15, 0.2) is 0 Å². The molecule has 1 fully saturated rings. The van der Waals surface area contributed by atoms with Crippen molar-refractivity contribution in [2.45, 2.75) is 18.9 Å². The largest absolute Gasteiger partial charge is 0.335 e. The molecular weight excluding hydrogens is 166 g/mol. The molecule has 0 aliphatic carbocycles. The molecule has 1 saturated heterocycles. The zero-order chi connectivity index (χ0) is 9.84. The lowest BCUT2D eigenvalue weighted by atomic mass is 10.1. The van der Waals surface area contributed by atoms with E-state index in [2.05, 4.69) is 17.3 Å². The Morgan fingerprint density at radius 2 is 1.92 bits per heavy atom. The fourth-order valence-electron chi connectivity index (χ4n) is 1.46. The van der Waals surface area contributed by atoms with Crippen molar-refractivity contribution in [2.24, 2.45) is 0 Å². The van der Waals surface area contributed by atoms with Crippen LogP contribution in [0.15, 0.2) is 0 Å². The lowest BCUT2D eigenvalue weighted by molar-refractivity contribution is 0.196. The maximum atomic E-state index is 11.3. The summed E-state index contributed by atoms with van der Waals surface area (Å²) in [6, 6.07) is 0.389. The number of nitrogens with one attached hydrogen (secondary N) is 1. The fraction of sp³-hybridized carbons (Fsp3) is 0.889. The highest BCUT2D eigenvalue weighted by atomic mass is 16.2. The first-order valence-electron chi connectivity index (χ1n) is 4.76. The van der Waals surface area contributed by atoms with Gasteiger partial charge in [-0.3, -0.25) is 0 Å². The van der Waals surface area contributed by atoms with E-state index < -0.39 is 0 Å². The Labute approximate surface area is 79.9 Å². The second-order valence-electron chi connectivity index (χ2n) is 3.92. The Hall–Kier alpha value is -0.770. The second kappa shape index (κ2) is 4.46. The van der Waals surface area contributed by atoms with Crippen molar-refractivity contribution in [2.75, 3.05) is 34.2 Å². The molecule has 13 heavy (non-hydrogen) atoms. The van der Waals surface area contributed by atoms with E-state index in [9.17, 15) is 4.79 Å². The predicted octanol–water partition coefficient (Wildman–Crippen LogP) is 0.352. The van der Waals surface area contributed by atoms with E-state index in [0.717, 1.165) is 25.9 Å². The van der Waals surface area contributed by atoms with Crippen LogP contribution < -0.4 is 5.32 Å². The van der Waals surface area contributed by atoms with Gasteiger partial charge in [0, 0.05) is 20.1 Å². The molecule has 1 heterocycles. The lowest BCUT2D eigenvalue weighted by Gasteiger charge is -2.30. The summed E-state index contributed by atoms with van der Waals surface area (Å²) in [6.07, 6.45) is 2.13. The van der Waals surface area contributed by atoms with Crippen LogP contribution in [0.5, 0.6) is 0 Å². The van der Waals surface area contributed by atoms with Gasteiger partial charge in [-0.25, -0.2) is 4.79 Å². The third kappa shape index (κ3) is 3.22. The predicted molar refractivity (Wildman–Crippen MR) is 52.7 cm³/mol. The SMILES string of the molecule is CN1CCC(NC(=O)N(C)C)CC1. The van der Waals surface area contributed by atoms with Gasteiger partial charge in [0.2, 0.25) is 0 Å². The summed E-state index contributed by atoms with van der Waals surface area (Å²) in [6.45, 7) is 2.16. The third-order valence-corrected chi connectivity index (χ3v) is 2.45. The second-order valence-corrected chi connectivity index (χ2v) is 3.92. The number of amides is 2. The van der Waals surface area contributed by atoms with Crippen molar-refractivity contribution in [3.63, 3.8) is 0 Å². The topological polar surface area (TPSA) is 35.6 Å². The van der Waals surface area contributed by atoms with Crippen molar-refractivity contribution >= 4 is 6.03 Å². The van der Waals surface area contributed by atoms with E-state index in [-0.39, 0.29) is 6.03 Å². The molecule has 0 saturated carbocycles. The molecule has 76 valence electrons. The molecule has 4 heteroatoms. The minimum atomic E-state index is 0.0227. The summed E-state index contributed by atoms with van der Waals surface area (Å²) in [5.74, 6) is 0. The fourth-order valence-corrected chi connectivity index (χ4v) is 1.46. The summed E-state index contributed by atoms with van der Waals surface area (Å²) < 4.78 is 0. The van der Waals surface area contributed by atoms with E-state index in [1.54, 1.807) is 19.0 Å². The number of carbonyl (C=O) groups excluding carboxylic acids is 1. The van der Waals surface area contributed by atoms with Crippen molar-refractivity contribution in [1.82, 2.24) is 15.1 Å². The Morgan fingerprint density at radius 1 is 1.38 bits per heavy atom. The van der Waals surface area contributed by atoms with Crippen molar-refractivity contribution < 1.29 is 4.79 Å². The van der Waals surface area contributed by atoms with Crippen LogP contribution >= 0.6 is 0 Å². The molecule has 1 N–H and O–H groups in total. The minimum Gasteiger partial charge on any atom is -0.335 e. The summed E-state index contributed by atoms with van der Waals surface area (Å²) in [5, 5.41) is 3.00. The zero-order valence-corrected chi connectivity index (χ0v) is 8.71. The first kappa shape index (κ1) is 10.3. The van der Waals surface area contributed by atoms with Crippen LogP contribution in [0.25, 0.3) is 0 Å². The molecular formula is C9H19N3O. The van der Waals surface area contributed by atoms with Crippen molar-refractivity contribution in [3.8, 4) is 0 Å². The number of urea groups is 1. The van der Waals surface area contributed by atoms with E-state index in [0.29, 0.717) is 6.04 Å². The van der Waals surface area contributed by atoms with Gasteiger partial charge >= 0.3 is 6.03 Å². The normalized spacial score (nSPS) is 19.9. The van der Waals surface area contributed by atoms with E-state index in [1.165, 1.54) is 0 Å². The number of carbonyl (C=O) groups is 1. The zero-order valence-electron chi connectivity index (χ0n) is 8.71. The summed E-state index contributed by atoms with van der Waals surface area (Å²) in [5.41, 5.74) is 0. The molecule has 0 radical (unpaired) electrons. The lowest BCUT2D eigenvalue weighted by Crippen LogP contribution is -2.46. The van der Waals surface area contributed by atoms with Crippen LogP contribution in [0, 0.1) is 0 Å². The molecule has 1 aliphatic rings. The number of rotatable bonds is 1. The molecule has 0 unspecified atom stereocenters. The smallest absolute Gasteiger partial charge is 0.317 e. The summed E-state index contributed by atoms with van der Waals surface area (Å²) in [7, 11) is 5.65. The highest BCUT2D eigenvalue weighted by Gasteiger charge is 2.18. The van der Waals surface area contributed by atoms with Gasteiger partial charge in [0.1, 0.15) is 0 Å². The van der Waals surface area contributed by atoms with Crippen LogP contribution in [0.3, 0.4) is 0 Å². The number of hydrogen-bond acceptors (Lipinski definition) is 2. The van der Waals surface area contributed by atoms with E-state index >= 15 is 0 Å². The first-order valence-corrected chi connectivity index (χ1v) is 4.76. The molecule has 1 aliphatic heterocycles. The molecule has 4 nitrogen and oxygen atoms in total. The number of piperidine rings is 1. The molecule has 1 rings (SSSR count). The maximum Gasteiger partial charge on any atom is 0.317 e. The molecule has 0 aromatic rings. The van der Waals surface area contributed by atoms with E-state index in [1.807, 2.05) is 0 Å². The van der Waals surface area contributed by atoms with Gasteiger partial charge in [0.05, 0.1) is 0 Å². The number of likely N-dealkylation sites (tertiary alicyclic amines) is 1. The number of hydrogen-bond donors (Lipinski definition) is 1. The van der Waals surface area contributed by atoms with Crippen LogP contribution in [0.2, 0.25) is 0 Å². The van der Waals surface area contributed by atoms with Gasteiger partial charge in [-0.15, -0.1) is 0 Å². The van der Waals surface area contributed by atoms with Gasteiger partial charge in [-0.2, -0.15) is 0 Å². The molecule has 0 spiro atoms. The van der Waals surface area contributed by atoms with Crippen LogP contribution in [0.4, 0.5) is 4.79 Å². The quantitative estimate of drug-likeness (QED) is 0.640. The highest BCUT2D eigenvalue weighted by Crippen LogP contribution is 2.07. The van der Waals surface area contributed by atoms with Crippen molar-refractivity contribution in [1.29, 1.82) is 0 Å². The van der Waals surface area contributed by atoms with Gasteiger partial charge in [-0.1, -0.05) is 0 Å². The third-order valence-electron chi connectivity index (χ3n) is 2.45. The minimum absolute atomic E-state index is 0.0227. The van der Waals surface area contributed by atoms with Crippen LogP contribution in [0.1, 0.15) is 12.8 Å². The Balaban J connectivity index is 2.26. The van der Waals surface area contributed by atoms with Crippen LogP contribution in [-0.4, -0.2) is 56.1 Å². The summed E-state index contributed by atoms with van der Waals surface area (Å²) in [4.78, 5) is 15.2. The average molecular weight is 185 g/mol. The van der Waals surface area contributed by atoms with Crippen LogP contribution in [-0.2, 0) is 0 Å². The van der Waals surface area contributed by atoms with E-state index in [4.69, 9.17) is 0 Å². The Bertz CT molecular complexity index is 174. The molecule has 0 atom stereocenters. The Kier molecular flexibility index (Phi) is 3.54. The molecule has 0 aromatic carbocycles. The molecule has 0 aromatic heterocycles. The monoisotopic (exact) mass is 185 g/mol. The van der Waals surface area contributed by atoms with Gasteiger partial charge in [-0.05, 0) is 33.0 Å². The van der Waals surface area contributed by atoms with Gasteiger partial charge in [0.25, 0.3) is 0 Å². The number of nitrogens with zero attached hydrogens (tertiary/aromatic N) is 2. The molecule has 0 bridgehead atoms. The van der Waals surface area contributed by atoms with Crippen molar-refractivity contribution in [3.05, 3.63) is 0 Å². The van der Waals surface area contributed by atoms with Gasteiger partial charge < -0.3 is 15.1 Å². The maximum absolute atomic E-state index is 11.3. The average Bonchev–Trinajstić information content (AvgIpc) is 2.08. The Morgan fingerprint density at radius 3 is 2.38 bits per heavy atom. The standard InChI is InChI=1S/C9H19N3O/c1-11(2)9(13)10-8-4-6-12(3)7-5-8/h8H,4-7H2,1-3H3,(H,10,13). The summed E-state index contributed by atoms with van der Waals surface area (Å²) >= 11 is 0. The highest BCUT2D eigenvalue weighted by molar-refractivity contribution is 5.73. The first-order chi connectivity index (χ1) is 6.09. The molecule has 2 amide bonds.